The quantitative estimate of drug-likeness (QED) is 0.523. The van der Waals surface area contributed by atoms with Crippen molar-refractivity contribution in [1.29, 1.82) is 0 Å². The Hall–Kier alpha value is -3.62. The highest BCUT2D eigenvalue weighted by Crippen LogP contribution is 2.23. The monoisotopic (exact) mass is 395 g/mol. The molecule has 4 rings (SSSR count). The normalized spacial score (nSPS) is 12.6. The Bertz CT molecular complexity index is 1400. The van der Waals surface area contributed by atoms with Gasteiger partial charge in [-0.3, -0.25) is 23.1 Å². The zero-order valence-corrected chi connectivity index (χ0v) is 16.8. The van der Waals surface area contributed by atoms with Crippen LogP contribution in [-0.4, -0.2) is 36.0 Å². The van der Waals surface area contributed by atoms with Crippen molar-refractivity contribution in [1.82, 2.24) is 23.1 Å². The fourth-order valence-corrected chi connectivity index (χ4v) is 3.57. The maximum atomic E-state index is 13.2. The van der Waals surface area contributed by atoms with Crippen molar-refractivity contribution in [2.24, 2.45) is 7.05 Å². The smallest absolute Gasteiger partial charge is 0.333 e. The number of ketones is 1. The number of Topliss-reactive ketones (excluding diaryl/α,β-unsaturated/α-hetero) is 1. The summed E-state index contributed by atoms with van der Waals surface area (Å²) in [7, 11) is 3.14. The standard InChI is InChI=1S/C20H21N5O4/c1-11-10-23-16-17(22(4)20(28)25(18(16)27)12(2)13(3)26)21-19(23)24(11)14-7-6-8-15(9-14)29-5/h6-10,12H,1-5H3/t12-/m1/s1. The molecule has 0 amide bonds. The molecule has 0 aliphatic rings. The van der Waals surface area contributed by atoms with Crippen molar-refractivity contribution in [3.63, 3.8) is 0 Å². The molecule has 0 unspecified atom stereocenters. The van der Waals surface area contributed by atoms with Crippen molar-refractivity contribution in [2.75, 3.05) is 7.11 Å². The highest BCUT2D eigenvalue weighted by Gasteiger charge is 2.24. The van der Waals surface area contributed by atoms with Crippen LogP contribution in [0.15, 0.2) is 40.1 Å². The molecule has 29 heavy (non-hydrogen) atoms. The molecule has 0 fully saturated rings. The molecule has 0 N–H and O–H groups in total. The molecule has 9 nitrogen and oxygen atoms in total. The second kappa shape index (κ2) is 6.47. The summed E-state index contributed by atoms with van der Waals surface area (Å²) in [4.78, 5) is 42.4. The molecular formula is C20H21N5O4. The maximum Gasteiger partial charge on any atom is 0.333 e. The summed E-state index contributed by atoms with van der Waals surface area (Å²) in [6.07, 6.45) is 1.79. The van der Waals surface area contributed by atoms with Crippen LogP contribution in [0.4, 0.5) is 0 Å². The van der Waals surface area contributed by atoms with Gasteiger partial charge in [0.25, 0.3) is 5.56 Å². The van der Waals surface area contributed by atoms with E-state index in [9.17, 15) is 14.4 Å². The molecule has 3 aromatic heterocycles. The number of imidazole rings is 2. The van der Waals surface area contributed by atoms with Gasteiger partial charge >= 0.3 is 5.69 Å². The van der Waals surface area contributed by atoms with Crippen LogP contribution in [-0.2, 0) is 11.8 Å². The summed E-state index contributed by atoms with van der Waals surface area (Å²) < 4.78 is 11.1. The predicted molar refractivity (Wildman–Crippen MR) is 108 cm³/mol. The molecule has 0 radical (unpaired) electrons. The highest BCUT2D eigenvalue weighted by molar-refractivity contribution is 5.81. The lowest BCUT2D eigenvalue weighted by Gasteiger charge is -2.12. The minimum atomic E-state index is -0.863. The largest absolute Gasteiger partial charge is 0.497 e. The third-order valence-corrected chi connectivity index (χ3v) is 5.26. The molecule has 0 saturated carbocycles. The van der Waals surface area contributed by atoms with E-state index in [1.54, 1.807) is 31.7 Å². The number of methoxy groups -OCH3 is 1. The molecular weight excluding hydrogens is 374 g/mol. The molecule has 150 valence electrons. The molecule has 9 heteroatoms. The lowest BCUT2D eigenvalue weighted by atomic mass is 10.2. The SMILES string of the molecule is COc1cccc(-n2c(C)cn3c4c(=O)n([C@H](C)C(C)=O)c(=O)n(C)c4nc23)c1. The average Bonchev–Trinajstić information content (AvgIpc) is 3.20. The van der Waals surface area contributed by atoms with Crippen molar-refractivity contribution >= 4 is 22.7 Å². The fraction of sp³-hybridized carbons (Fsp3) is 0.300. The van der Waals surface area contributed by atoms with E-state index in [1.807, 2.05) is 35.8 Å². The van der Waals surface area contributed by atoms with Crippen LogP contribution >= 0.6 is 0 Å². The fourth-order valence-electron chi connectivity index (χ4n) is 3.57. The van der Waals surface area contributed by atoms with Gasteiger partial charge < -0.3 is 4.74 Å². The molecule has 0 spiro atoms. The molecule has 1 aromatic carbocycles. The third-order valence-electron chi connectivity index (χ3n) is 5.26. The van der Waals surface area contributed by atoms with Crippen molar-refractivity contribution < 1.29 is 9.53 Å². The average molecular weight is 395 g/mol. The van der Waals surface area contributed by atoms with Gasteiger partial charge in [-0.05, 0) is 32.9 Å². The first-order valence-electron chi connectivity index (χ1n) is 9.12. The van der Waals surface area contributed by atoms with Gasteiger partial charge in [0.05, 0.1) is 18.8 Å². The molecule has 0 bridgehead atoms. The topological polar surface area (TPSA) is 92.5 Å². The lowest BCUT2D eigenvalue weighted by molar-refractivity contribution is -0.119. The van der Waals surface area contributed by atoms with Gasteiger partial charge in [0.1, 0.15) is 5.75 Å². The van der Waals surface area contributed by atoms with Gasteiger partial charge in [-0.2, -0.15) is 4.98 Å². The lowest BCUT2D eigenvalue weighted by Crippen LogP contribution is -2.42. The van der Waals surface area contributed by atoms with Crippen molar-refractivity contribution in [3.05, 3.63) is 57.0 Å². The molecule has 1 atom stereocenters. The summed E-state index contributed by atoms with van der Waals surface area (Å²) >= 11 is 0. The Balaban J connectivity index is 2.12. The van der Waals surface area contributed by atoms with E-state index >= 15 is 0 Å². The number of ether oxygens (including phenoxy) is 1. The summed E-state index contributed by atoms with van der Waals surface area (Å²) in [5, 5.41) is 0. The number of hydrogen-bond donors (Lipinski definition) is 0. The Morgan fingerprint density at radius 1 is 1.24 bits per heavy atom. The molecule has 4 aromatic rings. The van der Waals surface area contributed by atoms with Crippen LogP contribution in [0.3, 0.4) is 0 Å². The first-order chi connectivity index (χ1) is 13.8. The second-order valence-corrected chi connectivity index (χ2v) is 7.06. The number of benzene rings is 1. The zero-order chi connectivity index (χ0) is 21.0. The van der Waals surface area contributed by atoms with Crippen LogP contribution in [0.1, 0.15) is 25.6 Å². The Labute approximate surface area is 165 Å². The number of rotatable bonds is 4. The number of aryl methyl sites for hydroxylation is 2. The number of hydrogen-bond acceptors (Lipinski definition) is 5. The van der Waals surface area contributed by atoms with E-state index in [4.69, 9.17) is 4.74 Å². The third kappa shape index (κ3) is 2.61. The first kappa shape index (κ1) is 18.7. The van der Waals surface area contributed by atoms with E-state index in [0.717, 1.165) is 15.9 Å². The molecule has 0 aliphatic heterocycles. The van der Waals surface area contributed by atoms with E-state index in [0.29, 0.717) is 11.5 Å². The van der Waals surface area contributed by atoms with Gasteiger partial charge in [0.2, 0.25) is 5.78 Å². The van der Waals surface area contributed by atoms with Crippen LogP contribution < -0.4 is 16.0 Å². The first-order valence-corrected chi connectivity index (χ1v) is 9.12. The summed E-state index contributed by atoms with van der Waals surface area (Å²) in [6, 6.07) is 6.61. The number of fused-ring (bicyclic) bond motifs is 3. The number of carbonyl (C=O) groups is 1. The van der Waals surface area contributed by atoms with Crippen LogP contribution in [0.2, 0.25) is 0 Å². The van der Waals surface area contributed by atoms with E-state index < -0.39 is 17.3 Å². The Morgan fingerprint density at radius 3 is 2.62 bits per heavy atom. The van der Waals surface area contributed by atoms with Crippen molar-refractivity contribution in [2.45, 2.75) is 26.8 Å². The van der Waals surface area contributed by atoms with Crippen LogP contribution in [0.5, 0.6) is 5.75 Å². The molecule has 3 heterocycles. The van der Waals surface area contributed by atoms with Gasteiger partial charge in [-0.15, -0.1) is 0 Å². The Morgan fingerprint density at radius 2 is 1.97 bits per heavy atom. The van der Waals surface area contributed by atoms with E-state index in [1.165, 1.54) is 11.5 Å². The van der Waals surface area contributed by atoms with E-state index in [2.05, 4.69) is 4.98 Å². The van der Waals surface area contributed by atoms with Gasteiger partial charge in [-0.1, -0.05) is 6.07 Å². The number of carbonyl (C=O) groups excluding carboxylic acids is 1. The van der Waals surface area contributed by atoms with Gasteiger partial charge in [-0.25, -0.2) is 9.36 Å². The number of aromatic nitrogens is 5. The summed E-state index contributed by atoms with van der Waals surface area (Å²) in [5.41, 5.74) is 1.06. The van der Waals surface area contributed by atoms with Crippen molar-refractivity contribution in [3.8, 4) is 11.4 Å². The molecule has 0 aliphatic carbocycles. The predicted octanol–water partition coefficient (Wildman–Crippen LogP) is 1.61. The van der Waals surface area contributed by atoms with Crippen LogP contribution in [0.25, 0.3) is 22.6 Å². The minimum Gasteiger partial charge on any atom is -0.497 e. The Kier molecular flexibility index (Phi) is 4.18. The zero-order valence-electron chi connectivity index (χ0n) is 16.8. The maximum absolute atomic E-state index is 13.2. The van der Waals surface area contributed by atoms with Gasteiger partial charge in [0, 0.05) is 25.0 Å². The molecule has 0 saturated heterocycles. The summed E-state index contributed by atoms with van der Waals surface area (Å²) in [6.45, 7) is 4.80. The van der Waals surface area contributed by atoms with E-state index in [-0.39, 0.29) is 16.9 Å². The summed E-state index contributed by atoms with van der Waals surface area (Å²) in [5.74, 6) is 0.912. The van der Waals surface area contributed by atoms with Crippen LogP contribution in [0, 0.1) is 6.92 Å². The minimum absolute atomic E-state index is 0.250. The number of nitrogens with zero attached hydrogens (tertiary/aromatic N) is 5. The second-order valence-electron chi connectivity index (χ2n) is 7.06. The van der Waals surface area contributed by atoms with Gasteiger partial charge in [0.15, 0.2) is 16.9 Å². The highest BCUT2D eigenvalue weighted by atomic mass is 16.5.